The molecule has 1 fully saturated rings. The molecule has 0 aromatic heterocycles. The van der Waals surface area contributed by atoms with Crippen molar-refractivity contribution in [2.24, 2.45) is 0 Å². The van der Waals surface area contributed by atoms with Crippen LogP contribution < -0.4 is 5.32 Å². The minimum absolute atomic E-state index is 0.0162. The maximum Gasteiger partial charge on any atom is 0.226 e. The van der Waals surface area contributed by atoms with Crippen LogP contribution in [-0.2, 0) is 9.53 Å². The summed E-state index contributed by atoms with van der Waals surface area (Å²) in [5.74, 6) is 0.0839. The normalized spacial score (nSPS) is 25.7. The Morgan fingerprint density at radius 1 is 1.78 bits per heavy atom. The summed E-state index contributed by atoms with van der Waals surface area (Å²) in [6.45, 7) is 3.90. The maximum absolute atomic E-state index is 10.3. The first-order chi connectivity index (χ1) is 4.18. The van der Waals surface area contributed by atoms with Crippen molar-refractivity contribution in [1.82, 2.24) is 5.32 Å². The van der Waals surface area contributed by atoms with Crippen molar-refractivity contribution in [1.29, 1.82) is 0 Å². The molecule has 1 amide bonds. The molecule has 1 atom stereocenters. The van der Waals surface area contributed by atoms with Gasteiger partial charge in [0.05, 0.1) is 12.5 Å². The molecule has 1 aliphatic rings. The van der Waals surface area contributed by atoms with E-state index in [-0.39, 0.29) is 18.2 Å². The second-order valence-electron chi connectivity index (χ2n) is 2.45. The van der Waals surface area contributed by atoms with Gasteiger partial charge >= 0.3 is 0 Å². The molecule has 0 radical (unpaired) electrons. The standard InChI is InChI=1S/C6H11NO2/c1-4(2)9-6-3-5(8)7-6/h4,6H,3H2,1-2H3,(H,7,8)/t6-/m1/s1. The summed E-state index contributed by atoms with van der Waals surface area (Å²) in [5, 5.41) is 2.61. The van der Waals surface area contributed by atoms with Crippen molar-refractivity contribution >= 4 is 5.91 Å². The summed E-state index contributed by atoms with van der Waals surface area (Å²) in [6.07, 6.45) is 0.714. The summed E-state index contributed by atoms with van der Waals surface area (Å²) >= 11 is 0. The second-order valence-corrected chi connectivity index (χ2v) is 2.45. The number of rotatable bonds is 2. The van der Waals surface area contributed by atoms with Crippen LogP contribution in [0.2, 0.25) is 0 Å². The van der Waals surface area contributed by atoms with Gasteiger partial charge in [0.25, 0.3) is 0 Å². The topological polar surface area (TPSA) is 38.3 Å². The third-order valence-corrected chi connectivity index (χ3v) is 1.13. The van der Waals surface area contributed by atoms with Crippen LogP contribution in [0.1, 0.15) is 20.3 Å². The van der Waals surface area contributed by atoms with Crippen molar-refractivity contribution in [3.8, 4) is 0 Å². The molecule has 0 saturated carbocycles. The van der Waals surface area contributed by atoms with E-state index >= 15 is 0 Å². The van der Waals surface area contributed by atoms with E-state index in [1.807, 2.05) is 13.8 Å². The van der Waals surface area contributed by atoms with Crippen molar-refractivity contribution in [3.05, 3.63) is 0 Å². The van der Waals surface area contributed by atoms with E-state index < -0.39 is 0 Å². The number of β-lactam (4-membered cyclic amide) rings is 1. The van der Waals surface area contributed by atoms with Gasteiger partial charge in [0.2, 0.25) is 5.91 Å². The average molecular weight is 129 g/mol. The van der Waals surface area contributed by atoms with Crippen LogP contribution in [-0.4, -0.2) is 18.2 Å². The van der Waals surface area contributed by atoms with Crippen LogP contribution in [0.3, 0.4) is 0 Å². The zero-order chi connectivity index (χ0) is 6.85. The summed E-state index contributed by atoms with van der Waals surface area (Å²) in [4.78, 5) is 10.3. The number of carbonyl (C=O) groups is 1. The van der Waals surface area contributed by atoms with Gasteiger partial charge in [-0.15, -0.1) is 0 Å². The van der Waals surface area contributed by atoms with Crippen molar-refractivity contribution in [2.75, 3.05) is 0 Å². The van der Waals surface area contributed by atoms with E-state index in [0.717, 1.165) is 0 Å². The van der Waals surface area contributed by atoms with E-state index in [0.29, 0.717) is 6.42 Å². The molecule has 1 N–H and O–H groups in total. The molecule has 0 aliphatic carbocycles. The first-order valence-electron chi connectivity index (χ1n) is 3.13. The Balaban J connectivity index is 2.11. The Kier molecular flexibility index (Phi) is 1.71. The molecule has 0 aromatic rings. The van der Waals surface area contributed by atoms with Gasteiger partial charge < -0.3 is 10.1 Å². The number of amides is 1. The molecule has 52 valence electrons. The monoisotopic (exact) mass is 129 g/mol. The number of nitrogens with one attached hydrogen (secondary N) is 1. The Bertz CT molecular complexity index is 114. The minimum Gasteiger partial charge on any atom is -0.355 e. The second kappa shape index (κ2) is 2.35. The van der Waals surface area contributed by atoms with E-state index in [4.69, 9.17) is 4.74 Å². The molecule has 1 rings (SSSR count). The van der Waals surface area contributed by atoms with Crippen LogP contribution in [0.25, 0.3) is 0 Å². The first-order valence-corrected chi connectivity index (χ1v) is 3.13. The summed E-state index contributed by atoms with van der Waals surface area (Å²) in [5.41, 5.74) is 0. The molecular formula is C6H11NO2. The molecule has 0 aromatic carbocycles. The van der Waals surface area contributed by atoms with E-state index in [9.17, 15) is 4.79 Å². The predicted molar refractivity (Wildman–Crippen MR) is 32.8 cm³/mol. The minimum atomic E-state index is -0.0162. The summed E-state index contributed by atoms with van der Waals surface area (Å²) in [6, 6.07) is 0. The fraction of sp³-hybridized carbons (Fsp3) is 0.833. The highest BCUT2D eigenvalue weighted by Crippen LogP contribution is 2.07. The molecule has 9 heavy (non-hydrogen) atoms. The Morgan fingerprint density at radius 3 is 2.67 bits per heavy atom. The van der Waals surface area contributed by atoms with Gasteiger partial charge in [0.15, 0.2) is 0 Å². The molecule has 1 aliphatic heterocycles. The predicted octanol–water partition coefficient (Wildman–Crippen LogP) is 0.257. The summed E-state index contributed by atoms with van der Waals surface area (Å²) < 4.78 is 5.22. The smallest absolute Gasteiger partial charge is 0.226 e. The molecular weight excluding hydrogens is 118 g/mol. The van der Waals surface area contributed by atoms with Gasteiger partial charge in [-0.05, 0) is 13.8 Å². The lowest BCUT2D eigenvalue weighted by atomic mass is 10.2. The Labute approximate surface area is 54.4 Å². The molecule has 1 heterocycles. The maximum atomic E-state index is 10.3. The third kappa shape index (κ3) is 1.68. The first kappa shape index (κ1) is 6.55. The molecule has 3 heteroatoms. The fourth-order valence-corrected chi connectivity index (χ4v) is 0.737. The van der Waals surface area contributed by atoms with Crippen LogP contribution in [0.4, 0.5) is 0 Å². The molecule has 0 bridgehead atoms. The lowest BCUT2D eigenvalue weighted by Crippen LogP contribution is -2.50. The highest BCUT2D eigenvalue weighted by molar-refractivity contribution is 5.82. The lowest BCUT2D eigenvalue weighted by molar-refractivity contribution is -0.143. The van der Waals surface area contributed by atoms with Gasteiger partial charge in [-0.1, -0.05) is 0 Å². The van der Waals surface area contributed by atoms with Gasteiger partial charge in [0, 0.05) is 0 Å². The molecule has 1 saturated heterocycles. The number of carbonyl (C=O) groups excluding carboxylic acids is 1. The van der Waals surface area contributed by atoms with Crippen molar-refractivity contribution < 1.29 is 9.53 Å². The number of hydrogen-bond acceptors (Lipinski definition) is 2. The van der Waals surface area contributed by atoms with Crippen LogP contribution >= 0.6 is 0 Å². The van der Waals surface area contributed by atoms with E-state index in [1.165, 1.54) is 0 Å². The highest BCUT2D eigenvalue weighted by Gasteiger charge is 2.26. The van der Waals surface area contributed by atoms with Gasteiger partial charge in [-0.25, -0.2) is 0 Å². The lowest BCUT2D eigenvalue weighted by Gasteiger charge is -2.28. The zero-order valence-electron chi connectivity index (χ0n) is 5.68. The van der Waals surface area contributed by atoms with Crippen molar-refractivity contribution in [3.63, 3.8) is 0 Å². The fourth-order valence-electron chi connectivity index (χ4n) is 0.737. The number of hydrogen-bond donors (Lipinski definition) is 1. The highest BCUT2D eigenvalue weighted by atomic mass is 16.5. The number of ether oxygens (including phenoxy) is 1. The quantitative estimate of drug-likeness (QED) is 0.543. The van der Waals surface area contributed by atoms with E-state index in [2.05, 4.69) is 5.32 Å². The third-order valence-electron chi connectivity index (χ3n) is 1.13. The van der Waals surface area contributed by atoms with Gasteiger partial charge in [-0.3, -0.25) is 4.79 Å². The molecule has 3 nitrogen and oxygen atoms in total. The van der Waals surface area contributed by atoms with Crippen LogP contribution in [0.15, 0.2) is 0 Å². The zero-order valence-corrected chi connectivity index (χ0v) is 5.68. The van der Waals surface area contributed by atoms with Gasteiger partial charge in [-0.2, -0.15) is 0 Å². The Hall–Kier alpha value is -0.570. The largest absolute Gasteiger partial charge is 0.355 e. The summed E-state index contributed by atoms with van der Waals surface area (Å²) in [7, 11) is 0. The van der Waals surface area contributed by atoms with E-state index in [1.54, 1.807) is 0 Å². The van der Waals surface area contributed by atoms with Crippen molar-refractivity contribution in [2.45, 2.75) is 32.6 Å². The van der Waals surface area contributed by atoms with Crippen LogP contribution in [0.5, 0.6) is 0 Å². The molecule has 0 unspecified atom stereocenters. The average Bonchev–Trinajstić information content (AvgIpc) is 1.60. The van der Waals surface area contributed by atoms with Crippen LogP contribution in [0, 0.1) is 0 Å². The molecule has 0 spiro atoms. The Morgan fingerprint density at radius 2 is 2.33 bits per heavy atom. The van der Waals surface area contributed by atoms with Gasteiger partial charge in [0.1, 0.15) is 6.23 Å². The SMILES string of the molecule is CC(C)O[C@@H]1CC(=O)N1.